The molecule has 1 aromatic heterocycles. The number of rotatable bonds is 1. The maximum absolute atomic E-state index is 9.32. The van der Waals surface area contributed by atoms with Gasteiger partial charge in [-0.1, -0.05) is 11.6 Å². The van der Waals surface area contributed by atoms with E-state index in [1.165, 1.54) is 12.3 Å². The summed E-state index contributed by atoms with van der Waals surface area (Å²) in [6.07, 6.45) is 1.51. The Kier molecular flexibility index (Phi) is 2.05. The van der Waals surface area contributed by atoms with Crippen molar-refractivity contribution in [3.8, 4) is 17.0 Å². The van der Waals surface area contributed by atoms with E-state index in [9.17, 15) is 5.11 Å². The fourth-order valence-corrected chi connectivity index (χ4v) is 1.47. The molecule has 0 radical (unpaired) electrons. The molecular weight excluding hydrogens is 202 g/mol. The molecule has 14 heavy (non-hydrogen) atoms. The lowest BCUT2D eigenvalue weighted by Gasteiger charge is -2.01. The first kappa shape index (κ1) is 8.90. The summed E-state index contributed by atoms with van der Waals surface area (Å²) in [4.78, 5) is 0. The molecule has 5 heteroatoms. The number of benzene rings is 1. The van der Waals surface area contributed by atoms with Crippen LogP contribution in [0.5, 0.6) is 5.75 Å². The Morgan fingerprint density at radius 1 is 1.36 bits per heavy atom. The second-order valence-electron chi connectivity index (χ2n) is 2.90. The second-order valence-corrected chi connectivity index (χ2v) is 3.33. The Morgan fingerprint density at radius 3 is 2.71 bits per heavy atom. The molecule has 0 aliphatic heterocycles. The number of nitrogens with zero attached hydrogens (tertiary/aromatic N) is 1. The van der Waals surface area contributed by atoms with Crippen LogP contribution in [0.2, 0.25) is 5.02 Å². The molecule has 0 aliphatic rings. The minimum atomic E-state index is 0.0986. The number of nitrogens with one attached hydrogen (secondary N) is 1. The van der Waals surface area contributed by atoms with Gasteiger partial charge in [-0.05, 0) is 18.2 Å². The molecular formula is C9H8ClN3O. The van der Waals surface area contributed by atoms with Crippen LogP contribution >= 0.6 is 11.6 Å². The molecule has 1 heterocycles. The van der Waals surface area contributed by atoms with Crippen LogP contribution < -0.4 is 5.73 Å². The van der Waals surface area contributed by atoms with Crippen molar-refractivity contribution in [1.29, 1.82) is 0 Å². The molecule has 0 saturated carbocycles. The Balaban J connectivity index is 2.57. The van der Waals surface area contributed by atoms with Crippen molar-refractivity contribution in [2.24, 2.45) is 0 Å². The predicted molar refractivity (Wildman–Crippen MR) is 55.1 cm³/mol. The molecule has 0 atom stereocenters. The lowest BCUT2D eigenvalue weighted by atomic mass is 10.1. The number of aromatic nitrogens is 2. The van der Waals surface area contributed by atoms with Crippen LogP contribution in [-0.4, -0.2) is 15.3 Å². The molecule has 1 aromatic carbocycles. The van der Waals surface area contributed by atoms with E-state index in [4.69, 9.17) is 17.3 Å². The van der Waals surface area contributed by atoms with Crippen LogP contribution in [0.4, 0.5) is 5.69 Å². The lowest BCUT2D eigenvalue weighted by Crippen LogP contribution is -1.86. The van der Waals surface area contributed by atoms with Crippen LogP contribution in [-0.2, 0) is 0 Å². The molecule has 0 saturated heterocycles. The number of aromatic hydroxyl groups is 1. The van der Waals surface area contributed by atoms with E-state index in [1.54, 1.807) is 12.1 Å². The molecule has 0 unspecified atom stereocenters. The van der Waals surface area contributed by atoms with Crippen molar-refractivity contribution in [2.75, 3.05) is 5.73 Å². The van der Waals surface area contributed by atoms with E-state index < -0.39 is 0 Å². The van der Waals surface area contributed by atoms with Gasteiger partial charge in [0.05, 0.1) is 17.6 Å². The predicted octanol–water partition coefficient (Wildman–Crippen LogP) is 2.02. The summed E-state index contributed by atoms with van der Waals surface area (Å²) in [6.45, 7) is 0. The van der Waals surface area contributed by atoms with Gasteiger partial charge < -0.3 is 10.8 Å². The van der Waals surface area contributed by atoms with Gasteiger partial charge in [0.25, 0.3) is 0 Å². The Hall–Kier alpha value is -1.68. The zero-order valence-corrected chi connectivity index (χ0v) is 7.92. The van der Waals surface area contributed by atoms with E-state index in [-0.39, 0.29) is 5.75 Å². The van der Waals surface area contributed by atoms with Gasteiger partial charge in [0.15, 0.2) is 0 Å². The van der Waals surface area contributed by atoms with Crippen molar-refractivity contribution in [2.45, 2.75) is 0 Å². The molecule has 2 aromatic rings. The van der Waals surface area contributed by atoms with E-state index >= 15 is 0 Å². The molecule has 0 aliphatic carbocycles. The highest BCUT2D eigenvalue weighted by atomic mass is 35.5. The highest BCUT2D eigenvalue weighted by Crippen LogP contribution is 2.29. The van der Waals surface area contributed by atoms with Crippen molar-refractivity contribution in [3.05, 3.63) is 29.4 Å². The fourth-order valence-electron chi connectivity index (χ4n) is 1.25. The van der Waals surface area contributed by atoms with E-state index in [2.05, 4.69) is 10.2 Å². The number of phenols is 1. The fraction of sp³-hybridized carbons (Fsp3) is 0. The maximum Gasteiger partial charge on any atom is 0.117 e. The van der Waals surface area contributed by atoms with E-state index in [0.717, 1.165) is 0 Å². The van der Waals surface area contributed by atoms with Crippen molar-refractivity contribution in [3.63, 3.8) is 0 Å². The van der Waals surface area contributed by atoms with Crippen LogP contribution in [0.1, 0.15) is 0 Å². The van der Waals surface area contributed by atoms with Gasteiger partial charge in [0.1, 0.15) is 5.75 Å². The van der Waals surface area contributed by atoms with Crippen molar-refractivity contribution < 1.29 is 5.11 Å². The number of hydrogen-bond donors (Lipinski definition) is 3. The average molecular weight is 210 g/mol. The van der Waals surface area contributed by atoms with Gasteiger partial charge >= 0.3 is 0 Å². The van der Waals surface area contributed by atoms with Crippen LogP contribution in [0, 0.1) is 0 Å². The number of nitrogens with two attached hydrogens (primary N) is 1. The minimum absolute atomic E-state index is 0.0986. The highest BCUT2D eigenvalue weighted by Gasteiger charge is 2.06. The van der Waals surface area contributed by atoms with Gasteiger partial charge in [-0.15, -0.1) is 0 Å². The van der Waals surface area contributed by atoms with Crippen molar-refractivity contribution >= 4 is 17.3 Å². The van der Waals surface area contributed by atoms with E-state index in [1.807, 2.05) is 0 Å². The van der Waals surface area contributed by atoms with E-state index in [0.29, 0.717) is 22.0 Å². The zero-order chi connectivity index (χ0) is 10.1. The molecule has 72 valence electrons. The van der Waals surface area contributed by atoms with Crippen LogP contribution in [0.25, 0.3) is 11.3 Å². The molecule has 4 N–H and O–H groups in total. The van der Waals surface area contributed by atoms with Crippen LogP contribution in [0.3, 0.4) is 0 Å². The van der Waals surface area contributed by atoms with Gasteiger partial charge in [-0.2, -0.15) is 5.10 Å². The molecule has 0 spiro atoms. The minimum Gasteiger partial charge on any atom is -0.508 e. The van der Waals surface area contributed by atoms with Crippen LogP contribution in [0.15, 0.2) is 24.4 Å². The van der Waals surface area contributed by atoms with Gasteiger partial charge in [-0.25, -0.2) is 0 Å². The summed E-state index contributed by atoms with van der Waals surface area (Å²) < 4.78 is 0. The summed E-state index contributed by atoms with van der Waals surface area (Å²) in [7, 11) is 0. The number of H-pyrrole nitrogens is 1. The number of anilines is 1. The summed E-state index contributed by atoms with van der Waals surface area (Å²) in [5.74, 6) is 0.0986. The second kappa shape index (κ2) is 3.23. The molecule has 4 nitrogen and oxygen atoms in total. The largest absolute Gasteiger partial charge is 0.508 e. The normalized spacial score (nSPS) is 10.4. The number of phenolic OH excluding ortho intramolecular Hbond substituents is 1. The monoisotopic (exact) mass is 209 g/mol. The van der Waals surface area contributed by atoms with Gasteiger partial charge in [0.2, 0.25) is 0 Å². The third kappa shape index (κ3) is 1.52. The number of halogens is 1. The molecule has 2 rings (SSSR count). The molecule has 0 amide bonds. The van der Waals surface area contributed by atoms with Gasteiger partial charge in [0, 0.05) is 10.6 Å². The number of hydrogen-bond acceptors (Lipinski definition) is 3. The lowest BCUT2D eigenvalue weighted by molar-refractivity contribution is 0.475. The number of aromatic amines is 1. The topological polar surface area (TPSA) is 74.9 Å². The maximum atomic E-state index is 9.32. The summed E-state index contributed by atoms with van der Waals surface area (Å²) >= 11 is 5.78. The first-order valence-electron chi connectivity index (χ1n) is 3.95. The quantitative estimate of drug-likeness (QED) is 0.673. The first-order chi connectivity index (χ1) is 6.66. The standard InChI is InChI=1S/C9H8ClN3O/c10-6-1-5(2-7(14)3-6)9-8(11)4-12-13-9/h1-4,14H,11H2,(H,12,13). The highest BCUT2D eigenvalue weighted by molar-refractivity contribution is 6.31. The Labute approximate surface area is 85.3 Å². The smallest absolute Gasteiger partial charge is 0.117 e. The molecule has 0 fully saturated rings. The zero-order valence-electron chi connectivity index (χ0n) is 7.16. The summed E-state index contributed by atoms with van der Waals surface area (Å²) in [5.41, 5.74) is 7.54. The first-order valence-corrected chi connectivity index (χ1v) is 4.33. The molecule has 0 bridgehead atoms. The average Bonchev–Trinajstić information content (AvgIpc) is 2.49. The number of nitrogen functional groups attached to an aromatic ring is 1. The third-order valence-corrected chi connectivity index (χ3v) is 2.06. The van der Waals surface area contributed by atoms with Gasteiger partial charge in [-0.3, -0.25) is 5.10 Å². The summed E-state index contributed by atoms with van der Waals surface area (Å²) in [6, 6.07) is 4.72. The van der Waals surface area contributed by atoms with Crippen molar-refractivity contribution in [1.82, 2.24) is 10.2 Å². The Morgan fingerprint density at radius 2 is 2.14 bits per heavy atom. The summed E-state index contributed by atoms with van der Waals surface area (Å²) in [5, 5.41) is 16.3. The third-order valence-electron chi connectivity index (χ3n) is 1.84. The Bertz CT molecular complexity index is 447. The SMILES string of the molecule is Nc1cn[nH]c1-c1cc(O)cc(Cl)c1.